The van der Waals surface area contributed by atoms with Gasteiger partial charge in [0.2, 0.25) is 0 Å². The van der Waals surface area contributed by atoms with E-state index in [0.717, 1.165) is 17.7 Å². The Morgan fingerprint density at radius 3 is 2.47 bits per heavy atom. The van der Waals surface area contributed by atoms with Gasteiger partial charge in [-0.15, -0.1) is 0 Å². The van der Waals surface area contributed by atoms with Gasteiger partial charge in [-0.1, -0.05) is 19.1 Å². The van der Waals surface area contributed by atoms with E-state index in [9.17, 15) is 4.79 Å². The van der Waals surface area contributed by atoms with E-state index >= 15 is 0 Å². The van der Waals surface area contributed by atoms with Gasteiger partial charge in [-0.05, 0) is 37.6 Å². The summed E-state index contributed by atoms with van der Waals surface area (Å²) in [5, 5.41) is 12.1. The van der Waals surface area contributed by atoms with E-state index in [0.29, 0.717) is 13.2 Å². The summed E-state index contributed by atoms with van der Waals surface area (Å²) in [7, 11) is 0. The van der Waals surface area contributed by atoms with Crippen LogP contribution in [0.2, 0.25) is 0 Å². The van der Waals surface area contributed by atoms with Gasteiger partial charge in [0.05, 0.1) is 6.61 Å². The van der Waals surface area contributed by atoms with Gasteiger partial charge in [0.25, 0.3) is 0 Å². The lowest BCUT2D eigenvalue weighted by Crippen LogP contribution is -2.28. The van der Waals surface area contributed by atoms with E-state index < -0.39 is 12.0 Å². The monoisotopic (exact) mass is 237 g/mol. The summed E-state index contributed by atoms with van der Waals surface area (Å²) in [6.07, 6.45) is 0.904. The lowest BCUT2D eigenvalue weighted by Gasteiger charge is -2.14. The highest BCUT2D eigenvalue weighted by atomic mass is 16.5. The average Bonchev–Trinajstić information content (AvgIpc) is 2.31. The van der Waals surface area contributed by atoms with Crippen LogP contribution in [0.15, 0.2) is 24.3 Å². The zero-order valence-corrected chi connectivity index (χ0v) is 10.3. The molecule has 0 aliphatic heterocycles. The number of carbonyl (C=O) groups is 1. The van der Waals surface area contributed by atoms with Crippen LogP contribution < -0.4 is 10.1 Å². The van der Waals surface area contributed by atoms with E-state index in [1.807, 2.05) is 13.8 Å². The van der Waals surface area contributed by atoms with E-state index in [4.69, 9.17) is 9.84 Å². The maximum absolute atomic E-state index is 11.1. The van der Waals surface area contributed by atoms with Crippen molar-refractivity contribution in [2.24, 2.45) is 0 Å². The number of aliphatic carboxylic acids is 1. The molecule has 0 amide bonds. The first-order valence-corrected chi connectivity index (χ1v) is 5.88. The van der Waals surface area contributed by atoms with Gasteiger partial charge in [0, 0.05) is 0 Å². The molecular weight excluding hydrogens is 218 g/mol. The summed E-state index contributed by atoms with van der Waals surface area (Å²) >= 11 is 0. The summed E-state index contributed by atoms with van der Waals surface area (Å²) in [4.78, 5) is 11.1. The number of carboxylic acids is 1. The molecule has 0 aromatic heterocycles. The SMILES string of the molecule is CCCNC(C(=O)O)c1ccc(OCC)cc1. The van der Waals surface area contributed by atoms with Gasteiger partial charge >= 0.3 is 5.97 Å². The van der Waals surface area contributed by atoms with E-state index in [-0.39, 0.29) is 0 Å². The van der Waals surface area contributed by atoms with E-state index in [1.54, 1.807) is 24.3 Å². The molecule has 0 saturated carbocycles. The zero-order valence-electron chi connectivity index (χ0n) is 10.3. The highest BCUT2D eigenvalue weighted by Gasteiger charge is 2.18. The minimum Gasteiger partial charge on any atom is -0.494 e. The molecule has 1 aromatic carbocycles. The number of nitrogens with one attached hydrogen (secondary N) is 1. The van der Waals surface area contributed by atoms with Crippen molar-refractivity contribution in [3.05, 3.63) is 29.8 Å². The Kier molecular flexibility index (Phi) is 5.49. The predicted octanol–water partition coefficient (Wildman–Crippen LogP) is 2.21. The van der Waals surface area contributed by atoms with Crippen molar-refractivity contribution in [1.82, 2.24) is 5.32 Å². The second-order valence-corrected chi connectivity index (χ2v) is 3.73. The molecule has 0 spiro atoms. The third kappa shape index (κ3) is 4.07. The van der Waals surface area contributed by atoms with E-state index in [1.165, 1.54) is 0 Å². The molecule has 1 unspecified atom stereocenters. The Bertz CT molecular complexity index is 348. The van der Waals surface area contributed by atoms with Crippen LogP contribution in [0.1, 0.15) is 31.9 Å². The number of ether oxygens (including phenoxy) is 1. The van der Waals surface area contributed by atoms with Crippen molar-refractivity contribution in [2.45, 2.75) is 26.3 Å². The summed E-state index contributed by atoms with van der Waals surface area (Å²) in [5.41, 5.74) is 0.745. The molecule has 0 saturated heterocycles. The largest absolute Gasteiger partial charge is 0.494 e. The maximum Gasteiger partial charge on any atom is 0.325 e. The second-order valence-electron chi connectivity index (χ2n) is 3.73. The fourth-order valence-electron chi connectivity index (χ4n) is 1.56. The first-order chi connectivity index (χ1) is 8.19. The van der Waals surface area contributed by atoms with Gasteiger partial charge in [0.15, 0.2) is 0 Å². The lowest BCUT2D eigenvalue weighted by atomic mass is 10.1. The number of hydrogen-bond donors (Lipinski definition) is 2. The molecule has 0 heterocycles. The minimum atomic E-state index is -0.859. The molecule has 17 heavy (non-hydrogen) atoms. The van der Waals surface area contributed by atoms with Gasteiger partial charge in [0.1, 0.15) is 11.8 Å². The molecule has 1 atom stereocenters. The number of rotatable bonds is 7. The molecule has 94 valence electrons. The molecule has 0 radical (unpaired) electrons. The Labute approximate surface area is 102 Å². The number of benzene rings is 1. The maximum atomic E-state index is 11.1. The van der Waals surface area contributed by atoms with Crippen molar-refractivity contribution >= 4 is 5.97 Å². The van der Waals surface area contributed by atoms with Crippen molar-refractivity contribution in [3.63, 3.8) is 0 Å². The number of hydrogen-bond acceptors (Lipinski definition) is 3. The topological polar surface area (TPSA) is 58.6 Å². The summed E-state index contributed by atoms with van der Waals surface area (Å²) in [6, 6.07) is 6.51. The molecule has 0 fully saturated rings. The molecule has 1 rings (SSSR count). The molecule has 0 aliphatic rings. The molecule has 4 nitrogen and oxygen atoms in total. The minimum absolute atomic E-state index is 0.607. The second kappa shape index (κ2) is 6.91. The fraction of sp³-hybridized carbons (Fsp3) is 0.462. The van der Waals surface area contributed by atoms with Gasteiger partial charge in [-0.2, -0.15) is 0 Å². The molecule has 4 heteroatoms. The van der Waals surface area contributed by atoms with Crippen LogP contribution in [-0.2, 0) is 4.79 Å². The highest BCUT2D eigenvalue weighted by Crippen LogP contribution is 2.18. The number of carboxylic acid groups (broad SMARTS) is 1. The molecule has 1 aromatic rings. The standard InChI is InChI=1S/C13H19NO3/c1-3-9-14-12(13(15)16)10-5-7-11(8-6-10)17-4-2/h5-8,12,14H,3-4,9H2,1-2H3,(H,15,16). The Hall–Kier alpha value is -1.55. The Morgan fingerprint density at radius 1 is 1.35 bits per heavy atom. The van der Waals surface area contributed by atoms with Crippen molar-refractivity contribution in [1.29, 1.82) is 0 Å². The fourth-order valence-corrected chi connectivity index (χ4v) is 1.56. The van der Waals surface area contributed by atoms with Crippen LogP contribution in [0.3, 0.4) is 0 Å². The Morgan fingerprint density at radius 2 is 2.00 bits per heavy atom. The first-order valence-electron chi connectivity index (χ1n) is 5.88. The molecule has 2 N–H and O–H groups in total. The van der Waals surface area contributed by atoms with Crippen molar-refractivity contribution in [3.8, 4) is 5.75 Å². The first kappa shape index (κ1) is 13.5. The predicted molar refractivity (Wildman–Crippen MR) is 66.3 cm³/mol. The smallest absolute Gasteiger partial charge is 0.325 e. The third-order valence-corrected chi connectivity index (χ3v) is 2.37. The average molecular weight is 237 g/mol. The van der Waals surface area contributed by atoms with Crippen molar-refractivity contribution in [2.75, 3.05) is 13.2 Å². The van der Waals surface area contributed by atoms with Crippen LogP contribution >= 0.6 is 0 Å². The lowest BCUT2D eigenvalue weighted by molar-refractivity contribution is -0.139. The van der Waals surface area contributed by atoms with Crippen LogP contribution in [0.5, 0.6) is 5.75 Å². The van der Waals surface area contributed by atoms with Crippen LogP contribution in [0.25, 0.3) is 0 Å². The highest BCUT2D eigenvalue weighted by molar-refractivity contribution is 5.75. The zero-order chi connectivity index (χ0) is 12.7. The van der Waals surface area contributed by atoms with Gasteiger partial charge in [-0.3, -0.25) is 4.79 Å². The summed E-state index contributed by atoms with van der Waals surface area (Å²) in [5.74, 6) is -0.0986. The van der Waals surface area contributed by atoms with Crippen LogP contribution in [-0.4, -0.2) is 24.2 Å². The molecule has 0 bridgehead atoms. The Balaban J connectivity index is 2.76. The van der Waals surface area contributed by atoms with E-state index in [2.05, 4.69) is 5.32 Å². The third-order valence-electron chi connectivity index (χ3n) is 2.37. The van der Waals surface area contributed by atoms with Gasteiger partial charge < -0.3 is 15.2 Å². The summed E-state index contributed by atoms with van der Waals surface area (Å²) < 4.78 is 5.31. The van der Waals surface area contributed by atoms with Crippen LogP contribution in [0.4, 0.5) is 0 Å². The van der Waals surface area contributed by atoms with Crippen LogP contribution in [0, 0.1) is 0 Å². The normalized spacial score (nSPS) is 12.1. The molecule has 0 aliphatic carbocycles. The van der Waals surface area contributed by atoms with Crippen molar-refractivity contribution < 1.29 is 14.6 Å². The van der Waals surface area contributed by atoms with Gasteiger partial charge in [-0.25, -0.2) is 0 Å². The summed E-state index contributed by atoms with van der Waals surface area (Å²) in [6.45, 7) is 5.21. The quantitative estimate of drug-likeness (QED) is 0.763. The molecular formula is C13H19NO3.